The number of hydrogen-bond donors (Lipinski definition) is 1. The summed E-state index contributed by atoms with van der Waals surface area (Å²) in [6.45, 7) is 0.563. The van der Waals surface area contributed by atoms with Gasteiger partial charge < -0.3 is 15.2 Å². The molecule has 7 heteroatoms. The van der Waals surface area contributed by atoms with Gasteiger partial charge in [0.25, 0.3) is 5.91 Å². The third-order valence-electron chi connectivity index (χ3n) is 2.46. The molecule has 7 nitrogen and oxygen atoms in total. The summed E-state index contributed by atoms with van der Waals surface area (Å²) < 4.78 is 12.2. The van der Waals surface area contributed by atoms with Crippen LogP contribution in [0.5, 0.6) is 0 Å². The number of nitrogens with two attached hydrogens (primary N) is 1. The van der Waals surface area contributed by atoms with E-state index < -0.39 is 5.91 Å². The van der Waals surface area contributed by atoms with Gasteiger partial charge in [0.1, 0.15) is 6.33 Å². The normalized spacial score (nSPS) is 24.8. The Morgan fingerprint density at radius 2 is 2.56 bits per heavy atom. The quantitative estimate of drug-likeness (QED) is 0.761. The van der Waals surface area contributed by atoms with E-state index >= 15 is 0 Å². The van der Waals surface area contributed by atoms with Crippen molar-refractivity contribution in [2.24, 2.45) is 5.73 Å². The lowest BCUT2D eigenvalue weighted by Gasteiger charge is -2.12. The van der Waals surface area contributed by atoms with Crippen molar-refractivity contribution in [3.05, 3.63) is 12.2 Å². The number of amides is 1. The molecule has 1 fully saturated rings. The van der Waals surface area contributed by atoms with Crippen LogP contribution in [0.15, 0.2) is 6.33 Å². The fourth-order valence-electron chi connectivity index (χ4n) is 1.72. The minimum Gasteiger partial charge on any atom is -0.382 e. The number of carbonyl (C=O) groups excluding carboxylic acids is 1. The SMILES string of the molecule is COCC1CCC(n2cnc(C(N)=O)n2)O1. The fourth-order valence-corrected chi connectivity index (χ4v) is 1.72. The summed E-state index contributed by atoms with van der Waals surface area (Å²) >= 11 is 0. The molecule has 1 saturated heterocycles. The van der Waals surface area contributed by atoms with E-state index in [1.54, 1.807) is 7.11 Å². The van der Waals surface area contributed by atoms with Crippen LogP contribution in [-0.2, 0) is 9.47 Å². The minimum atomic E-state index is -0.634. The first-order valence-corrected chi connectivity index (χ1v) is 5.06. The Morgan fingerprint density at radius 1 is 1.75 bits per heavy atom. The zero-order chi connectivity index (χ0) is 11.5. The van der Waals surface area contributed by atoms with Crippen molar-refractivity contribution >= 4 is 5.91 Å². The van der Waals surface area contributed by atoms with E-state index in [0.717, 1.165) is 12.8 Å². The molecule has 2 rings (SSSR count). The van der Waals surface area contributed by atoms with Crippen LogP contribution in [-0.4, -0.2) is 40.5 Å². The van der Waals surface area contributed by atoms with Gasteiger partial charge in [0.15, 0.2) is 6.23 Å². The molecule has 1 aliphatic rings. The number of rotatable bonds is 4. The first-order chi connectivity index (χ1) is 7.70. The predicted molar refractivity (Wildman–Crippen MR) is 53.6 cm³/mol. The van der Waals surface area contributed by atoms with Crippen LogP contribution in [0.2, 0.25) is 0 Å². The number of primary amides is 1. The van der Waals surface area contributed by atoms with Crippen molar-refractivity contribution in [1.82, 2.24) is 14.8 Å². The highest BCUT2D eigenvalue weighted by Gasteiger charge is 2.27. The highest BCUT2D eigenvalue weighted by Crippen LogP contribution is 2.27. The van der Waals surface area contributed by atoms with E-state index in [0.29, 0.717) is 6.61 Å². The highest BCUT2D eigenvalue weighted by atomic mass is 16.5. The molecule has 0 saturated carbocycles. The van der Waals surface area contributed by atoms with Crippen LogP contribution in [0.25, 0.3) is 0 Å². The molecule has 0 bridgehead atoms. The molecular formula is C9H14N4O3. The Balaban J connectivity index is 2.00. The molecule has 0 radical (unpaired) electrons. The van der Waals surface area contributed by atoms with E-state index in [2.05, 4.69) is 10.1 Å². The largest absolute Gasteiger partial charge is 0.382 e. The molecule has 16 heavy (non-hydrogen) atoms. The molecule has 2 N–H and O–H groups in total. The van der Waals surface area contributed by atoms with Crippen LogP contribution in [0.3, 0.4) is 0 Å². The first-order valence-electron chi connectivity index (χ1n) is 5.06. The lowest BCUT2D eigenvalue weighted by atomic mass is 10.2. The second-order valence-electron chi connectivity index (χ2n) is 3.66. The molecular weight excluding hydrogens is 212 g/mol. The van der Waals surface area contributed by atoms with E-state index in [1.807, 2.05) is 0 Å². The molecule has 2 unspecified atom stereocenters. The number of ether oxygens (including phenoxy) is 2. The molecule has 88 valence electrons. The Morgan fingerprint density at radius 3 is 3.19 bits per heavy atom. The van der Waals surface area contributed by atoms with Crippen LogP contribution in [0.1, 0.15) is 29.7 Å². The second kappa shape index (κ2) is 4.58. The van der Waals surface area contributed by atoms with Gasteiger partial charge in [0.2, 0.25) is 5.82 Å². The average Bonchev–Trinajstić information content (AvgIpc) is 2.84. The average molecular weight is 226 g/mol. The molecule has 1 aliphatic heterocycles. The Kier molecular flexibility index (Phi) is 3.16. The van der Waals surface area contributed by atoms with Gasteiger partial charge in [-0.1, -0.05) is 0 Å². The maximum Gasteiger partial charge on any atom is 0.288 e. The van der Waals surface area contributed by atoms with E-state index in [-0.39, 0.29) is 18.2 Å². The van der Waals surface area contributed by atoms with Crippen LogP contribution < -0.4 is 5.73 Å². The number of aromatic nitrogens is 3. The summed E-state index contributed by atoms with van der Waals surface area (Å²) in [7, 11) is 1.64. The summed E-state index contributed by atoms with van der Waals surface area (Å²) in [6.07, 6.45) is 3.09. The van der Waals surface area contributed by atoms with Gasteiger partial charge in [0, 0.05) is 7.11 Å². The Labute approximate surface area is 92.5 Å². The summed E-state index contributed by atoms with van der Waals surface area (Å²) in [5.74, 6) is -0.621. The van der Waals surface area contributed by atoms with Gasteiger partial charge in [-0.3, -0.25) is 4.79 Å². The number of nitrogens with zero attached hydrogens (tertiary/aromatic N) is 3. The third kappa shape index (κ3) is 2.20. The van der Waals surface area contributed by atoms with Crippen molar-refractivity contribution in [2.45, 2.75) is 25.2 Å². The summed E-state index contributed by atoms with van der Waals surface area (Å²) in [5.41, 5.74) is 5.06. The van der Waals surface area contributed by atoms with Crippen molar-refractivity contribution in [3.63, 3.8) is 0 Å². The molecule has 1 aromatic heterocycles. The number of carbonyl (C=O) groups is 1. The van der Waals surface area contributed by atoms with Crippen molar-refractivity contribution in [1.29, 1.82) is 0 Å². The molecule has 2 atom stereocenters. The standard InChI is InChI=1S/C9H14N4O3/c1-15-4-6-2-3-7(16-6)13-5-11-9(12-13)8(10)14/h5-7H,2-4H2,1H3,(H2,10,14). The Hall–Kier alpha value is -1.47. The van der Waals surface area contributed by atoms with Crippen molar-refractivity contribution < 1.29 is 14.3 Å². The van der Waals surface area contributed by atoms with Gasteiger partial charge in [-0.15, -0.1) is 5.10 Å². The number of methoxy groups -OCH3 is 1. The molecule has 0 spiro atoms. The first kappa shape index (κ1) is 11.0. The summed E-state index contributed by atoms with van der Waals surface area (Å²) in [5, 5.41) is 3.95. The summed E-state index contributed by atoms with van der Waals surface area (Å²) in [6, 6.07) is 0. The van der Waals surface area contributed by atoms with E-state index in [1.165, 1.54) is 11.0 Å². The van der Waals surface area contributed by atoms with E-state index in [4.69, 9.17) is 15.2 Å². The predicted octanol–water partition coefficient (Wildman–Crippen LogP) is -0.299. The smallest absolute Gasteiger partial charge is 0.288 e. The van der Waals surface area contributed by atoms with Crippen LogP contribution >= 0.6 is 0 Å². The molecule has 2 heterocycles. The third-order valence-corrected chi connectivity index (χ3v) is 2.46. The Bertz CT molecular complexity index is 379. The van der Waals surface area contributed by atoms with Gasteiger partial charge in [0.05, 0.1) is 12.7 Å². The molecule has 1 amide bonds. The second-order valence-corrected chi connectivity index (χ2v) is 3.66. The van der Waals surface area contributed by atoms with E-state index in [9.17, 15) is 4.79 Å². The maximum absolute atomic E-state index is 10.8. The van der Waals surface area contributed by atoms with Crippen molar-refractivity contribution in [3.8, 4) is 0 Å². The van der Waals surface area contributed by atoms with Gasteiger partial charge >= 0.3 is 0 Å². The lowest BCUT2D eigenvalue weighted by Crippen LogP contribution is -2.17. The number of hydrogen-bond acceptors (Lipinski definition) is 5. The van der Waals surface area contributed by atoms with Crippen molar-refractivity contribution in [2.75, 3.05) is 13.7 Å². The van der Waals surface area contributed by atoms with Crippen LogP contribution in [0.4, 0.5) is 0 Å². The zero-order valence-corrected chi connectivity index (χ0v) is 9.00. The molecule has 1 aromatic rings. The summed E-state index contributed by atoms with van der Waals surface area (Å²) in [4.78, 5) is 14.6. The molecule has 0 aromatic carbocycles. The van der Waals surface area contributed by atoms with Gasteiger partial charge in [-0.2, -0.15) is 0 Å². The minimum absolute atomic E-state index is 0.0128. The highest BCUT2D eigenvalue weighted by molar-refractivity contribution is 5.88. The lowest BCUT2D eigenvalue weighted by molar-refractivity contribution is -0.0369. The van der Waals surface area contributed by atoms with Crippen LogP contribution in [0, 0.1) is 0 Å². The fraction of sp³-hybridized carbons (Fsp3) is 0.667. The zero-order valence-electron chi connectivity index (χ0n) is 9.00. The maximum atomic E-state index is 10.8. The monoisotopic (exact) mass is 226 g/mol. The van der Waals surface area contributed by atoms with Gasteiger partial charge in [-0.25, -0.2) is 9.67 Å². The molecule has 0 aliphatic carbocycles. The topological polar surface area (TPSA) is 92.3 Å². The van der Waals surface area contributed by atoms with Gasteiger partial charge in [-0.05, 0) is 12.8 Å².